The van der Waals surface area contributed by atoms with Gasteiger partial charge in [0, 0.05) is 104 Å². The van der Waals surface area contributed by atoms with Crippen molar-refractivity contribution in [3.8, 4) is 23.0 Å². The topological polar surface area (TPSA) is 191 Å². The molecule has 0 spiro atoms. The van der Waals surface area contributed by atoms with Crippen molar-refractivity contribution >= 4 is 94.1 Å². The van der Waals surface area contributed by atoms with E-state index in [4.69, 9.17) is 38.3 Å². The van der Waals surface area contributed by atoms with E-state index < -0.39 is 5.97 Å². The number of aromatic nitrogens is 2. The lowest BCUT2D eigenvalue weighted by atomic mass is 9.95. The lowest BCUT2D eigenvalue weighted by Crippen LogP contribution is -2.12. The monoisotopic (exact) mass is 1210 g/mol. The van der Waals surface area contributed by atoms with E-state index in [1.165, 1.54) is 6.92 Å². The number of para-hydroxylation sites is 2. The van der Waals surface area contributed by atoms with E-state index in [1.54, 1.807) is 30.3 Å². The zero-order valence-electron chi connectivity index (χ0n) is 50.8. The van der Waals surface area contributed by atoms with Gasteiger partial charge in [-0.3, -0.25) is 15.0 Å². The molecule has 91 heavy (non-hydrogen) atoms. The van der Waals surface area contributed by atoms with Crippen molar-refractivity contribution in [2.24, 2.45) is 5.16 Å². The summed E-state index contributed by atoms with van der Waals surface area (Å²) in [4.78, 5) is 57.9. The van der Waals surface area contributed by atoms with Gasteiger partial charge in [-0.05, 0) is 139 Å². The highest BCUT2D eigenvalue weighted by molar-refractivity contribution is 6.23. The number of fused-ring (bicyclic) bond motifs is 8. The van der Waals surface area contributed by atoms with Gasteiger partial charge in [-0.1, -0.05) is 102 Å². The quantitative estimate of drug-likeness (QED) is 0.00943. The molecule has 0 saturated heterocycles. The molecule has 0 fully saturated rings. The van der Waals surface area contributed by atoms with E-state index in [0.717, 1.165) is 65.2 Å². The third-order valence-corrected chi connectivity index (χ3v) is 16.0. The largest absolute Gasteiger partial charge is 0.507 e. The second-order valence-corrected chi connectivity index (χ2v) is 21.5. The van der Waals surface area contributed by atoms with Crippen LogP contribution < -0.4 is 14.4 Å². The highest BCUT2D eigenvalue weighted by Crippen LogP contribution is 2.38. The highest BCUT2D eigenvalue weighted by Gasteiger charge is 2.25. The normalized spacial score (nSPS) is 11.8. The Hall–Kier alpha value is -10.5. The Morgan fingerprint density at radius 3 is 1.44 bits per heavy atom. The number of ketones is 2. The number of carbonyl (C=O) groups is 3. The minimum absolute atomic E-state index is 0.0433. The summed E-state index contributed by atoms with van der Waals surface area (Å²) in [6.07, 6.45) is 0. The van der Waals surface area contributed by atoms with Crippen LogP contribution in [0.4, 0.5) is 0 Å². The van der Waals surface area contributed by atoms with E-state index in [-0.39, 0.29) is 35.5 Å². The van der Waals surface area contributed by atoms with Crippen LogP contribution in [-0.4, -0.2) is 96.2 Å². The van der Waals surface area contributed by atoms with Gasteiger partial charge < -0.3 is 47.7 Å². The maximum absolute atomic E-state index is 14.8. The van der Waals surface area contributed by atoms with Crippen molar-refractivity contribution in [3.63, 3.8) is 0 Å². The van der Waals surface area contributed by atoms with Crippen molar-refractivity contribution in [3.05, 3.63) is 239 Å². The van der Waals surface area contributed by atoms with Crippen LogP contribution in [0.1, 0.15) is 81.8 Å². The van der Waals surface area contributed by atoms with Crippen molar-refractivity contribution < 1.29 is 57.8 Å². The van der Waals surface area contributed by atoms with Gasteiger partial charge in [-0.15, -0.1) is 0 Å². The number of benzene rings is 10. The van der Waals surface area contributed by atoms with Gasteiger partial charge in [0.1, 0.15) is 23.0 Å². The van der Waals surface area contributed by atoms with E-state index in [0.29, 0.717) is 121 Å². The SMILES string of the molecule is CCOCOOc1ccccc1C(=N)c1ccc2c(c1)c1cc(C(=O)c3c(OCC)ccc4ccccc34)ccc1n2CCOCCOCCn1c2ccc(C(=O)c3c(OCC)ccc4ccccc34)cc2c2cc(/C(=N/OC(C)=O)c3ccccc3O)ccc21. The summed E-state index contributed by atoms with van der Waals surface area (Å²) >= 11 is 0. The molecule has 10 aromatic carbocycles. The Bertz CT molecular complexity index is 4790. The molecule has 2 N–H and O–H groups in total. The molecule has 0 bridgehead atoms. The lowest BCUT2D eigenvalue weighted by Gasteiger charge is -2.13. The molecule has 16 heteroatoms. The Morgan fingerprint density at radius 2 is 0.923 bits per heavy atom. The summed E-state index contributed by atoms with van der Waals surface area (Å²) in [5, 5.41) is 31.4. The van der Waals surface area contributed by atoms with Crippen molar-refractivity contribution in [2.45, 2.75) is 40.8 Å². The fourth-order valence-electron chi connectivity index (χ4n) is 11.9. The number of rotatable bonds is 27. The molecule has 12 aromatic rings. The molecule has 0 aliphatic heterocycles. The summed E-state index contributed by atoms with van der Waals surface area (Å²) in [5.41, 5.74) is 7.97. The zero-order valence-corrected chi connectivity index (χ0v) is 50.8. The summed E-state index contributed by atoms with van der Waals surface area (Å²) in [6.45, 7) is 10.3. The summed E-state index contributed by atoms with van der Waals surface area (Å²) in [7, 11) is 0. The number of hydrogen-bond acceptors (Lipinski definition) is 14. The van der Waals surface area contributed by atoms with E-state index >= 15 is 0 Å². The molecule has 16 nitrogen and oxygen atoms in total. The van der Waals surface area contributed by atoms with Gasteiger partial charge in [-0.2, -0.15) is 4.89 Å². The van der Waals surface area contributed by atoms with Gasteiger partial charge in [0.15, 0.2) is 24.1 Å². The van der Waals surface area contributed by atoms with Crippen LogP contribution in [0, 0.1) is 5.41 Å². The fourth-order valence-corrected chi connectivity index (χ4v) is 11.9. The Balaban J connectivity index is 0.805. The average Bonchev–Trinajstić information content (AvgIpc) is 1.65. The first kappa shape index (κ1) is 60.8. The third-order valence-electron chi connectivity index (χ3n) is 16.0. The number of nitrogens with zero attached hydrogens (tertiary/aromatic N) is 3. The van der Waals surface area contributed by atoms with Crippen molar-refractivity contribution in [1.29, 1.82) is 5.41 Å². The first-order valence-electron chi connectivity index (χ1n) is 30.3. The van der Waals surface area contributed by atoms with Crippen LogP contribution in [0.25, 0.3) is 65.2 Å². The smallest absolute Gasteiger partial charge is 0.332 e. The average molecular weight is 1220 g/mol. The second-order valence-electron chi connectivity index (χ2n) is 21.5. The van der Waals surface area contributed by atoms with Gasteiger partial charge in [0.2, 0.25) is 0 Å². The van der Waals surface area contributed by atoms with E-state index in [1.807, 2.05) is 185 Å². The minimum Gasteiger partial charge on any atom is -0.507 e. The molecular formula is C75H66N4O12. The van der Waals surface area contributed by atoms with Crippen LogP contribution in [0.5, 0.6) is 23.0 Å². The zero-order chi connectivity index (χ0) is 63.0. The summed E-state index contributed by atoms with van der Waals surface area (Å²) < 4.78 is 34.3. The highest BCUT2D eigenvalue weighted by atomic mass is 17.2. The molecule has 12 rings (SSSR count). The molecule has 0 unspecified atom stereocenters. The molecule has 0 aliphatic rings. The van der Waals surface area contributed by atoms with E-state index in [2.05, 4.69) is 14.3 Å². The van der Waals surface area contributed by atoms with Crippen LogP contribution in [0.15, 0.2) is 199 Å². The number of oxime groups is 1. The minimum atomic E-state index is -0.619. The predicted molar refractivity (Wildman–Crippen MR) is 354 cm³/mol. The molecule has 458 valence electrons. The Labute approximate surface area is 524 Å². The standard InChI is InChI=1S/C75H66N4O12/c1-5-84-46-89-91-67-23-15-13-21-57(67)72(76)50-24-30-62-58(42-50)60-44-52(74(82)70-54-18-10-8-16-48(54)28-34-68(70)87-6-2)26-32-64(60)78(62)36-38-85-40-41-86-39-37-79-63-31-25-51(73(77-90-47(4)80)56-20-12-14-22-66(56)81)43-59(63)61-45-53(27-33-65(61)79)75(83)71-55-19-11-9-17-49(55)29-35-69(71)88-7-3/h8-35,42-45,76,81H,5-7,36-41,46H2,1-4H3/b76-72?,77-73-. The molecule has 0 radical (unpaired) electrons. The number of nitrogens with one attached hydrogen (secondary N) is 1. The molecule has 2 heterocycles. The number of hydrogen-bond donors (Lipinski definition) is 2. The number of aromatic hydroxyl groups is 1. The van der Waals surface area contributed by atoms with Crippen LogP contribution in [0.2, 0.25) is 0 Å². The number of phenolic OH excluding ortho intramolecular Hbond substituents is 1. The number of phenols is 1. The molecule has 0 amide bonds. The fraction of sp³-hybridized carbons (Fsp3) is 0.187. The van der Waals surface area contributed by atoms with Crippen molar-refractivity contribution in [2.75, 3.05) is 53.0 Å². The Morgan fingerprint density at radius 1 is 0.462 bits per heavy atom. The van der Waals surface area contributed by atoms with Crippen LogP contribution in [-0.2, 0) is 41.8 Å². The maximum Gasteiger partial charge on any atom is 0.332 e. The van der Waals surface area contributed by atoms with Crippen LogP contribution >= 0.6 is 0 Å². The van der Waals surface area contributed by atoms with Crippen molar-refractivity contribution in [1.82, 2.24) is 9.13 Å². The second kappa shape index (κ2) is 27.5. The Kier molecular flexibility index (Phi) is 18.4. The van der Waals surface area contributed by atoms with E-state index in [9.17, 15) is 24.9 Å². The molecule has 2 aromatic heterocycles. The lowest BCUT2D eigenvalue weighted by molar-refractivity contribution is -0.265. The molecule has 0 atom stereocenters. The van der Waals surface area contributed by atoms with Gasteiger partial charge in [0.25, 0.3) is 0 Å². The predicted octanol–water partition coefficient (Wildman–Crippen LogP) is 14.9. The summed E-state index contributed by atoms with van der Waals surface area (Å²) in [5.74, 6) is 0.362. The molecule has 0 aliphatic carbocycles. The van der Waals surface area contributed by atoms with Gasteiger partial charge in [-0.25, -0.2) is 4.79 Å². The number of carbonyl (C=O) groups excluding carboxylic acids is 3. The maximum atomic E-state index is 14.8. The van der Waals surface area contributed by atoms with Crippen LogP contribution in [0.3, 0.4) is 0 Å². The molecular weight excluding hydrogens is 1150 g/mol. The van der Waals surface area contributed by atoms with Gasteiger partial charge in [0.05, 0.1) is 56.5 Å². The van der Waals surface area contributed by atoms with Gasteiger partial charge >= 0.3 is 5.97 Å². The first-order valence-corrected chi connectivity index (χ1v) is 30.3. The summed E-state index contributed by atoms with van der Waals surface area (Å²) in [6, 6.07) is 60.2. The molecule has 0 saturated carbocycles. The third kappa shape index (κ3) is 12.5. The first-order chi connectivity index (χ1) is 44.5. The number of ether oxygens (including phenoxy) is 5.